The average molecular weight is 333 g/mol. The summed E-state index contributed by atoms with van der Waals surface area (Å²) in [7, 11) is 0. The highest BCUT2D eigenvalue weighted by molar-refractivity contribution is 5.78. The number of piperidine rings is 1. The van der Waals surface area contributed by atoms with Crippen LogP contribution in [0.25, 0.3) is 0 Å². The zero-order valence-corrected chi connectivity index (χ0v) is 14.5. The molecule has 0 aliphatic carbocycles. The van der Waals surface area contributed by atoms with E-state index in [0.29, 0.717) is 24.7 Å². The van der Waals surface area contributed by atoms with E-state index in [2.05, 4.69) is 15.5 Å². The van der Waals surface area contributed by atoms with Crippen LogP contribution in [-0.4, -0.2) is 43.0 Å². The van der Waals surface area contributed by atoms with E-state index in [1.54, 1.807) is 13.0 Å². The molecule has 0 bridgehead atoms. The van der Waals surface area contributed by atoms with Gasteiger partial charge in [-0.2, -0.15) is 0 Å². The summed E-state index contributed by atoms with van der Waals surface area (Å²) in [5.74, 6) is 0.570. The van der Waals surface area contributed by atoms with Crippen LogP contribution >= 0.6 is 0 Å². The van der Waals surface area contributed by atoms with Crippen LogP contribution in [0.4, 0.5) is 4.39 Å². The quantitative estimate of drug-likeness (QED) is 0.868. The molecule has 2 N–H and O–H groups in total. The van der Waals surface area contributed by atoms with Gasteiger partial charge in [-0.25, -0.2) is 4.39 Å². The molecule has 2 aliphatic heterocycles. The third kappa shape index (κ3) is 4.54. The maximum atomic E-state index is 13.5. The van der Waals surface area contributed by atoms with E-state index in [1.807, 2.05) is 6.07 Å². The molecular formula is C19H28FN3O. The Labute approximate surface area is 143 Å². The lowest BCUT2D eigenvalue weighted by molar-refractivity contribution is -0.122. The molecule has 5 heteroatoms. The lowest BCUT2D eigenvalue weighted by atomic mass is 9.88. The standard InChI is InChI=1S/C19H28FN3O/c1-14-4-5-15(11-17(14)20)12-22-19(24)13-23-9-6-16(7-10-23)18-3-2-8-21-18/h4-5,11,16,18,21H,2-3,6-10,12-13H2,1H3,(H,22,24). The first-order valence-electron chi connectivity index (χ1n) is 9.09. The van der Waals surface area contributed by atoms with E-state index in [1.165, 1.54) is 31.7 Å². The Kier molecular flexibility index (Phi) is 5.85. The number of amides is 1. The number of carbonyl (C=O) groups excluding carboxylic acids is 1. The Morgan fingerprint density at radius 3 is 2.79 bits per heavy atom. The number of hydrogen-bond acceptors (Lipinski definition) is 3. The van der Waals surface area contributed by atoms with Gasteiger partial charge in [0, 0.05) is 12.6 Å². The van der Waals surface area contributed by atoms with Crippen LogP contribution in [-0.2, 0) is 11.3 Å². The van der Waals surface area contributed by atoms with Gasteiger partial charge in [0.15, 0.2) is 0 Å². The Bertz CT molecular complexity index is 564. The molecule has 0 spiro atoms. The van der Waals surface area contributed by atoms with Gasteiger partial charge >= 0.3 is 0 Å². The molecule has 0 radical (unpaired) electrons. The van der Waals surface area contributed by atoms with Crippen molar-refractivity contribution in [2.45, 2.75) is 45.2 Å². The van der Waals surface area contributed by atoms with Gasteiger partial charge in [-0.15, -0.1) is 0 Å². The van der Waals surface area contributed by atoms with E-state index in [9.17, 15) is 9.18 Å². The second-order valence-electron chi connectivity index (χ2n) is 7.18. The molecule has 4 nitrogen and oxygen atoms in total. The van der Waals surface area contributed by atoms with Gasteiger partial charge in [0.1, 0.15) is 5.82 Å². The first kappa shape index (κ1) is 17.4. The smallest absolute Gasteiger partial charge is 0.234 e. The maximum Gasteiger partial charge on any atom is 0.234 e. The minimum atomic E-state index is -0.218. The summed E-state index contributed by atoms with van der Waals surface area (Å²) in [4.78, 5) is 14.3. The number of nitrogens with zero attached hydrogens (tertiary/aromatic N) is 1. The van der Waals surface area contributed by atoms with Gasteiger partial charge in [0.2, 0.25) is 5.91 Å². The van der Waals surface area contributed by atoms with Crippen LogP contribution in [0.15, 0.2) is 18.2 Å². The van der Waals surface area contributed by atoms with E-state index < -0.39 is 0 Å². The SMILES string of the molecule is Cc1ccc(CNC(=O)CN2CCC(C3CCCN3)CC2)cc1F. The maximum absolute atomic E-state index is 13.5. The van der Waals surface area contributed by atoms with Gasteiger partial charge in [0.25, 0.3) is 0 Å². The van der Waals surface area contributed by atoms with Crippen molar-refractivity contribution in [3.05, 3.63) is 35.1 Å². The predicted octanol–water partition coefficient (Wildman–Crippen LogP) is 2.21. The molecular weight excluding hydrogens is 305 g/mol. The fourth-order valence-corrected chi connectivity index (χ4v) is 3.83. The Balaban J connectivity index is 1.38. The fourth-order valence-electron chi connectivity index (χ4n) is 3.83. The number of carbonyl (C=O) groups is 1. The zero-order chi connectivity index (χ0) is 16.9. The van der Waals surface area contributed by atoms with Crippen molar-refractivity contribution < 1.29 is 9.18 Å². The third-order valence-electron chi connectivity index (χ3n) is 5.39. The molecule has 2 heterocycles. The number of halogens is 1. The monoisotopic (exact) mass is 333 g/mol. The van der Waals surface area contributed by atoms with Crippen molar-refractivity contribution in [3.63, 3.8) is 0 Å². The van der Waals surface area contributed by atoms with Crippen molar-refractivity contribution in [1.29, 1.82) is 0 Å². The normalized spacial score (nSPS) is 22.7. The summed E-state index contributed by atoms with van der Waals surface area (Å²) >= 11 is 0. The lowest BCUT2D eigenvalue weighted by Gasteiger charge is -2.34. The van der Waals surface area contributed by atoms with Crippen molar-refractivity contribution in [3.8, 4) is 0 Å². The van der Waals surface area contributed by atoms with Crippen LogP contribution in [0, 0.1) is 18.7 Å². The molecule has 3 rings (SSSR count). The molecule has 1 aromatic rings. The number of hydrogen-bond donors (Lipinski definition) is 2. The molecule has 1 aromatic carbocycles. The van der Waals surface area contributed by atoms with E-state index in [0.717, 1.165) is 31.1 Å². The number of aryl methyl sites for hydroxylation is 1. The molecule has 1 atom stereocenters. The summed E-state index contributed by atoms with van der Waals surface area (Å²) in [6.07, 6.45) is 4.95. The van der Waals surface area contributed by atoms with Crippen LogP contribution < -0.4 is 10.6 Å². The highest BCUT2D eigenvalue weighted by Crippen LogP contribution is 2.25. The topological polar surface area (TPSA) is 44.4 Å². The molecule has 24 heavy (non-hydrogen) atoms. The predicted molar refractivity (Wildman–Crippen MR) is 93.2 cm³/mol. The highest BCUT2D eigenvalue weighted by Gasteiger charge is 2.28. The minimum Gasteiger partial charge on any atom is -0.351 e. The lowest BCUT2D eigenvalue weighted by Crippen LogP contribution is -2.44. The third-order valence-corrected chi connectivity index (χ3v) is 5.39. The molecule has 2 saturated heterocycles. The molecule has 2 fully saturated rings. The number of benzene rings is 1. The van der Waals surface area contributed by atoms with E-state index in [4.69, 9.17) is 0 Å². The molecule has 2 aliphatic rings. The summed E-state index contributed by atoms with van der Waals surface area (Å²) in [5.41, 5.74) is 1.43. The molecule has 132 valence electrons. The Hall–Kier alpha value is -1.46. The Morgan fingerprint density at radius 1 is 1.33 bits per heavy atom. The molecule has 1 amide bonds. The highest BCUT2D eigenvalue weighted by atomic mass is 19.1. The van der Waals surface area contributed by atoms with Gasteiger partial charge in [-0.05, 0) is 75.4 Å². The molecule has 0 aromatic heterocycles. The first-order chi connectivity index (χ1) is 11.6. The van der Waals surface area contributed by atoms with Gasteiger partial charge < -0.3 is 10.6 Å². The average Bonchev–Trinajstić information content (AvgIpc) is 3.11. The largest absolute Gasteiger partial charge is 0.351 e. The fraction of sp³-hybridized carbons (Fsp3) is 0.632. The summed E-state index contributed by atoms with van der Waals surface area (Å²) in [6, 6.07) is 5.80. The molecule has 0 saturated carbocycles. The second kappa shape index (κ2) is 8.08. The summed E-state index contributed by atoms with van der Waals surface area (Å²) < 4.78 is 13.5. The van der Waals surface area contributed by atoms with Crippen LogP contribution in [0.5, 0.6) is 0 Å². The van der Waals surface area contributed by atoms with Crippen LogP contribution in [0.1, 0.15) is 36.8 Å². The van der Waals surface area contributed by atoms with Crippen molar-refractivity contribution in [2.24, 2.45) is 5.92 Å². The number of nitrogens with one attached hydrogen (secondary N) is 2. The zero-order valence-electron chi connectivity index (χ0n) is 14.5. The number of likely N-dealkylation sites (tertiary alicyclic amines) is 1. The summed E-state index contributed by atoms with van der Waals surface area (Å²) in [5, 5.41) is 6.50. The minimum absolute atomic E-state index is 0.0217. The Morgan fingerprint density at radius 2 is 2.12 bits per heavy atom. The van der Waals surface area contributed by atoms with Crippen LogP contribution in [0.3, 0.4) is 0 Å². The molecule has 1 unspecified atom stereocenters. The van der Waals surface area contributed by atoms with Crippen molar-refractivity contribution in [2.75, 3.05) is 26.2 Å². The van der Waals surface area contributed by atoms with E-state index in [-0.39, 0.29) is 11.7 Å². The van der Waals surface area contributed by atoms with E-state index >= 15 is 0 Å². The van der Waals surface area contributed by atoms with Gasteiger partial charge in [-0.1, -0.05) is 12.1 Å². The van der Waals surface area contributed by atoms with Crippen molar-refractivity contribution >= 4 is 5.91 Å². The summed E-state index contributed by atoms with van der Waals surface area (Å²) in [6.45, 7) is 5.72. The van der Waals surface area contributed by atoms with Gasteiger partial charge in [0.05, 0.1) is 6.54 Å². The van der Waals surface area contributed by atoms with Gasteiger partial charge in [-0.3, -0.25) is 9.69 Å². The van der Waals surface area contributed by atoms with Crippen LogP contribution in [0.2, 0.25) is 0 Å². The second-order valence-corrected chi connectivity index (χ2v) is 7.18. The first-order valence-corrected chi connectivity index (χ1v) is 9.09. The van der Waals surface area contributed by atoms with Crippen molar-refractivity contribution in [1.82, 2.24) is 15.5 Å². The number of rotatable bonds is 5.